The second-order valence-electron chi connectivity index (χ2n) is 5.40. The van der Waals surface area contributed by atoms with Crippen molar-refractivity contribution in [2.75, 3.05) is 0 Å². The predicted octanol–water partition coefficient (Wildman–Crippen LogP) is 5.46. The van der Waals surface area contributed by atoms with Crippen molar-refractivity contribution in [3.8, 4) is 0 Å². The summed E-state index contributed by atoms with van der Waals surface area (Å²) in [4.78, 5) is 0. The van der Waals surface area contributed by atoms with E-state index in [4.69, 9.17) is 5.21 Å². The quantitative estimate of drug-likeness (QED) is 0.346. The van der Waals surface area contributed by atoms with Gasteiger partial charge in [-0.25, -0.2) is 0 Å². The number of allylic oxidation sites excluding steroid dienone is 2. The molecule has 0 amide bonds. The molecular formula is C16H29NO. The van der Waals surface area contributed by atoms with E-state index in [9.17, 15) is 0 Å². The molecule has 0 aliphatic heterocycles. The Kier molecular flexibility index (Phi) is 9.59. The van der Waals surface area contributed by atoms with E-state index in [0.717, 1.165) is 18.6 Å². The van der Waals surface area contributed by atoms with Crippen LogP contribution >= 0.6 is 0 Å². The van der Waals surface area contributed by atoms with Crippen LogP contribution < -0.4 is 0 Å². The summed E-state index contributed by atoms with van der Waals surface area (Å²) in [5, 5.41) is 12.4. The average Bonchev–Trinajstić information content (AvgIpc) is 2.39. The molecule has 0 atom stereocenters. The van der Waals surface area contributed by atoms with E-state index in [0.29, 0.717) is 0 Å². The van der Waals surface area contributed by atoms with Gasteiger partial charge in [0.1, 0.15) is 0 Å². The van der Waals surface area contributed by atoms with E-state index < -0.39 is 0 Å². The van der Waals surface area contributed by atoms with Crippen molar-refractivity contribution in [3.05, 3.63) is 12.2 Å². The monoisotopic (exact) mass is 251 g/mol. The number of hydrogen-bond donors (Lipinski definition) is 1. The smallest absolute Gasteiger partial charge is 0.0570 e. The average molecular weight is 251 g/mol. The van der Waals surface area contributed by atoms with Crippen molar-refractivity contribution in [3.63, 3.8) is 0 Å². The molecule has 0 unspecified atom stereocenters. The van der Waals surface area contributed by atoms with Gasteiger partial charge in [-0.15, -0.1) is 0 Å². The Morgan fingerprint density at radius 1 is 0.667 bits per heavy atom. The summed E-state index contributed by atoms with van der Waals surface area (Å²) < 4.78 is 0. The van der Waals surface area contributed by atoms with E-state index in [1.165, 1.54) is 70.6 Å². The van der Waals surface area contributed by atoms with Gasteiger partial charge >= 0.3 is 0 Å². The van der Waals surface area contributed by atoms with Crippen LogP contribution in [0.5, 0.6) is 0 Å². The van der Waals surface area contributed by atoms with Crippen LogP contribution in [-0.4, -0.2) is 10.9 Å². The lowest BCUT2D eigenvalue weighted by Crippen LogP contribution is -1.99. The summed E-state index contributed by atoms with van der Waals surface area (Å²) in [7, 11) is 0. The lowest BCUT2D eigenvalue weighted by atomic mass is 10.0. The fourth-order valence-corrected chi connectivity index (χ4v) is 2.53. The van der Waals surface area contributed by atoms with Crippen LogP contribution in [0.3, 0.4) is 0 Å². The van der Waals surface area contributed by atoms with E-state index in [1.807, 2.05) is 0 Å². The molecule has 0 radical (unpaired) electrons. The maximum absolute atomic E-state index is 8.96. The highest BCUT2D eigenvalue weighted by Crippen LogP contribution is 2.13. The minimum absolute atomic E-state index is 0.992. The Morgan fingerprint density at radius 3 is 1.61 bits per heavy atom. The van der Waals surface area contributed by atoms with Crippen LogP contribution in [0.25, 0.3) is 0 Å². The normalized spacial score (nSPS) is 25.9. The maximum Gasteiger partial charge on any atom is 0.0570 e. The minimum atomic E-state index is 0.992. The van der Waals surface area contributed by atoms with Crippen LogP contribution in [-0.2, 0) is 0 Å². The molecule has 0 saturated heterocycles. The van der Waals surface area contributed by atoms with Crippen LogP contribution in [0, 0.1) is 0 Å². The molecule has 0 fully saturated rings. The molecule has 0 heterocycles. The maximum atomic E-state index is 8.96. The van der Waals surface area contributed by atoms with Gasteiger partial charge in [0, 0.05) is 0 Å². The van der Waals surface area contributed by atoms with Gasteiger partial charge in [0.25, 0.3) is 0 Å². The van der Waals surface area contributed by atoms with Crippen molar-refractivity contribution in [2.24, 2.45) is 5.16 Å². The SMILES string of the molecule is ON=C1CCCCCC/C=C/CCCCCCC1. The molecule has 1 aliphatic carbocycles. The standard InChI is InChI=1S/C16H29NO/c18-17-16-14-12-10-8-6-4-2-1-3-5-7-9-11-13-15-16/h1-2,18H,3-15H2/b2-1+,17-16?. The van der Waals surface area contributed by atoms with Gasteiger partial charge in [0.15, 0.2) is 0 Å². The van der Waals surface area contributed by atoms with Crippen molar-refractivity contribution in [1.82, 2.24) is 0 Å². The molecule has 0 bridgehead atoms. The van der Waals surface area contributed by atoms with Gasteiger partial charge in [-0.2, -0.15) is 0 Å². The van der Waals surface area contributed by atoms with Crippen molar-refractivity contribution >= 4 is 5.71 Å². The van der Waals surface area contributed by atoms with Gasteiger partial charge in [-0.3, -0.25) is 0 Å². The molecule has 1 aliphatic rings. The first kappa shape index (κ1) is 15.3. The first-order valence-corrected chi connectivity index (χ1v) is 7.78. The molecule has 104 valence electrons. The number of oxime groups is 1. The van der Waals surface area contributed by atoms with E-state index in [2.05, 4.69) is 17.3 Å². The van der Waals surface area contributed by atoms with Crippen LogP contribution in [0.4, 0.5) is 0 Å². The summed E-state index contributed by atoms with van der Waals surface area (Å²) in [6, 6.07) is 0. The second kappa shape index (κ2) is 11.3. The Balaban J connectivity index is 2.26. The van der Waals surface area contributed by atoms with Crippen LogP contribution in [0.15, 0.2) is 17.3 Å². The zero-order valence-electron chi connectivity index (χ0n) is 11.7. The minimum Gasteiger partial charge on any atom is -0.411 e. The predicted molar refractivity (Wildman–Crippen MR) is 78.4 cm³/mol. The topological polar surface area (TPSA) is 32.6 Å². The van der Waals surface area contributed by atoms with Crippen molar-refractivity contribution < 1.29 is 5.21 Å². The highest BCUT2D eigenvalue weighted by Gasteiger charge is 2.01. The number of hydrogen-bond acceptors (Lipinski definition) is 2. The third kappa shape index (κ3) is 8.32. The summed E-state index contributed by atoms with van der Waals surface area (Å²) in [6.45, 7) is 0. The molecule has 2 nitrogen and oxygen atoms in total. The van der Waals surface area contributed by atoms with Crippen molar-refractivity contribution in [1.29, 1.82) is 0 Å². The first-order valence-electron chi connectivity index (χ1n) is 7.78. The third-order valence-electron chi connectivity index (χ3n) is 3.73. The lowest BCUT2D eigenvalue weighted by Gasteiger charge is -2.05. The molecule has 2 heteroatoms. The molecule has 0 saturated carbocycles. The van der Waals surface area contributed by atoms with Gasteiger partial charge < -0.3 is 5.21 Å². The third-order valence-corrected chi connectivity index (χ3v) is 3.73. The van der Waals surface area contributed by atoms with Gasteiger partial charge in [0.2, 0.25) is 0 Å². The van der Waals surface area contributed by atoms with E-state index >= 15 is 0 Å². The second-order valence-corrected chi connectivity index (χ2v) is 5.40. The van der Waals surface area contributed by atoms with Gasteiger partial charge in [-0.1, -0.05) is 49.4 Å². The Labute approximate surface area is 112 Å². The van der Waals surface area contributed by atoms with Gasteiger partial charge in [-0.05, 0) is 51.4 Å². The fourth-order valence-electron chi connectivity index (χ4n) is 2.53. The summed E-state index contributed by atoms with van der Waals surface area (Å²) in [5.74, 6) is 0. The molecular weight excluding hydrogens is 222 g/mol. The highest BCUT2D eigenvalue weighted by molar-refractivity contribution is 5.83. The molecule has 0 spiro atoms. The zero-order chi connectivity index (χ0) is 12.9. The Morgan fingerprint density at radius 2 is 1.11 bits per heavy atom. The summed E-state index contributed by atoms with van der Waals surface area (Å²) in [5.41, 5.74) is 1.02. The lowest BCUT2D eigenvalue weighted by molar-refractivity contribution is 0.315. The molecule has 0 aromatic heterocycles. The fraction of sp³-hybridized carbons (Fsp3) is 0.812. The molecule has 1 rings (SSSR count). The Bertz CT molecular complexity index is 245. The molecule has 0 aromatic carbocycles. The highest BCUT2D eigenvalue weighted by atomic mass is 16.4. The first-order chi connectivity index (χ1) is 8.93. The van der Waals surface area contributed by atoms with Crippen LogP contribution in [0.2, 0.25) is 0 Å². The van der Waals surface area contributed by atoms with Crippen LogP contribution in [0.1, 0.15) is 83.5 Å². The van der Waals surface area contributed by atoms with Crippen molar-refractivity contribution in [2.45, 2.75) is 83.5 Å². The number of nitrogens with zero attached hydrogens (tertiary/aromatic N) is 1. The largest absolute Gasteiger partial charge is 0.411 e. The molecule has 18 heavy (non-hydrogen) atoms. The van der Waals surface area contributed by atoms with E-state index in [-0.39, 0.29) is 0 Å². The number of rotatable bonds is 0. The van der Waals surface area contributed by atoms with E-state index in [1.54, 1.807) is 0 Å². The zero-order valence-corrected chi connectivity index (χ0v) is 11.7. The van der Waals surface area contributed by atoms with Gasteiger partial charge in [0.05, 0.1) is 5.71 Å². The Hall–Kier alpha value is -0.790. The summed E-state index contributed by atoms with van der Waals surface area (Å²) in [6.07, 6.45) is 20.7. The summed E-state index contributed by atoms with van der Waals surface area (Å²) >= 11 is 0. The molecule has 1 N–H and O–H groups in total. The molecule has 0 aromatic rings.